The molecule has 1 aliphatic carbocycles. The molecule has 1 saturated heterocycles. The molecule has 228 valence electrons. The Morgan fingerprint density at radius 1 is 1.02 bits per heavy atom. The molecule has 2 aliphatic rings. The fourth-order valence-corrected chi connectivity index (χ4v) is 6.13. The number of fused-ring (bicyclic) bond motifs is 3. The number of methoxy groups -OCH3 is 2. The zero-order valence-electron chi connectivity index (χ0n) is 25.3. The van der Waals surface area contributed by atoms with E-state index in [4.69, 9.17) is 20.3 Å². The number of hydrogen-bond donors (Lipinski definition) is 3. The van der Waals surface area contributed by atoms with Crippen molar-refractivity contribution in [3.63, 3.8) is 0 Å². The number of urea groups is 1. The lowest BCUT2D eigenvalue weighted by molar-refractivity contribution is 0.262. The van der Waals surface area contributed by atoms with Crippen molar-refractivity contribution < 1.29 is 14.3 Å². The molecule has 4 aromatic rings. The molecule has 10 nitrogen and oxygen atoms in total. The van der Waals surface area contributed by atoms with Gasteiger partial charge in [0.15, 0.2) is 0 Å². The minimum absolute atomic E-state index is 0.131. The number of benzene rings is 3. The molecule has 1 aliphatic heterocycles. The maximum absolute atomic E-state index is 12.8. The molecule has 3 aromatic carbocycles. The van der Waals surface area contributed by atoms with Gasteiger partial charge in [-0.1, -0.05) is 36.4 Å². The van der Waals surface area contributed by atoms with Gasteiger partial charge in [0.05, 0.1) is 25.6 Å². The van der Waals surface area contributed by atoms with Gasteiger partial charge in [-0.3, -0.25) is 5.01 Å². The maximum atomic E-state index is 12.8. The van der Waals surface area contributed by atoms with Gasteiger partial charge in [-0.15, -0.1) is 0 Å². The summed E-state index contributed by atoms with van der Waals surface area (Å²) < 4.78 is 10.6. The van der Waals surface area contributed by atoms with E-state index >= 15 is 0 Å². The normalized spacial score (nSPS) is 15.7. The first kappa shape index (κ1) is 29.4. The highest BCUT2D eigenvalue weighted by Gasteiger charge is 2.28. The molecular weight excluding hydrogens is 554 g/mol. The number of likely N-dealkylation sites (tertiary alicyclic amines) is 1. The van der Waals surface area contributed by atoms with Crippen molar-refractivity contribution in [3.05, 3.63) is 89.6 Å². The molecule has 44 heavy (non-hydrogen) atoms. The second-order valence-electron chi connectivity index (χ2n) is 11.3. The Labute approximate surface area is 258 Å². The number of amides is 2. The molecule has 0 saturated carbocycles. The van der Waals surface area contributed by atoms with Crippen molar-refractivity contribution in [2.45, 2.75) is 31.6 Å². The number of nitrogens with two attached hydrogens (primary N) is 1. The molecule has 1 atom stereocenters. The number of carbonyl (C=O) groups excluding carboxylic acids is 1. The lowest BCUT2D eigenvalue weighted by Gasteiger charge is -2.28. The van der Waals surface area contributed by atoms with Crippen LogP contribution in [0.1, 0.15) is 41.9 Å². The monoisotopic (exact) mass is 593 g/mol. The molecule has 0 radical (unpaired) electrons. The largest absolute Gasteiger partial charge is 0.497 e. The number of nitrogens with one attached hydrogen (secondary N) is 2. The molecule has 1 unspecified atom stereocenters. The van der Waals surface area contributed by atoms with Crippen molar-refractivity contribution >= 4 is 23.4 Å². The Bertz CT molecular complexity index is 1610. The van der Waals surface area contributed by atoms with E-state index in [1.165, 1.54) is 31.5 Å². The summed E-state index contributed by atoms with van der Waals surface area (Å²) in [6.07, 6.45) is 6.26. The minimum atomic E-state index is -0.376. The summed E-state index contributed by atoms with van der Waals surface area (Å²) in [7, 11) is 3.13. The molecular formula is C34H39N7O3. The summed E-state index contributed by atoms with van der Waals surface area (Å²) in [6.45, 7) is 4.14. The van der Waals surface area contributed by atoms with Crippen LogP contribution in [0.25, 0.3) is 11.3 Å². The number of carbonyl (C=O) groups is 1. The van der Waals surface area contributed by atoms with Gasteiger partial charge >= 0.3 is 6.03 Å². The third-order valence-electron chi connectivity index (χ3n) is 8.42. The Hall–Kier alpha value is -4.67. The van der Waals surface area contributed by atoms with Gasteiger partial charge in [-0.25, -0.2) is 20.6 Å². The highest BCUT2D eigenvalue weighted by molar-refractivity contribution is 6.00. The molecule has 0 bridgehead atoms. The van der Waals surface area contributed by atoms with Crippen LogP contribution in [0.5, 0.6) is 11.5 Å². The lowest BCUT2D eigenvalue weighted by atomic mass is 9.78. The van der Waals surface area contributed by atoms with E-state index in [-0.39, 0.29) is 11.9 Å². The van der Waals surface area contributed by atoms with Gasteiger partial charge in [0.25, 0.3) is 0 Å². The summed E-state index contributed by atoms with van der Waals surface area (Å²) in [5.74, 6) is 8.26. The van der Waals surface area contributed by atoms with E-state index in [1.807, 2.05) is 24.4 Å². The van der Waals surface area contributed by atoms with Gasteiger partial charge in [0.2, 0.25) is 5.95 Å². The number of hydrogen-bond acceptors (Lipinski definition) is 8. The lowest BCUT2D eigenvalue weighted by Crippen LogP contribution is -2.35. The van der Waals surface area contributed by atoms with Crippen LogP contribution in [0, 0.1) is 0 Å². The number of aromatic nitrogens is 2. The summed E-state index contributed by atoms with van der Waals surface area (Å²) in [4.78, 5) is 24.9. The van der Waals surface area contributed by atoms with Crippen molar-refractivity contribution in [3.8, 4) is 22.8 Å². The van der Waals surface area contributed by atoms with E-state index in [9.17, 15) is 4.79 Å². The Morgan fingerprint density at radius 2 is 1.82 bits per heavy atom. The van der Waals surface area contributed by atoms with Crippen LogP contribution in [0.3, 0.4) is 0 Å². The van der Waals surface area contributed by atoms with E-state index < -0.39 is 0 Å². The average molecular weight is 594 g/mol. The Balaban J connectivity index is 1.14. The standard InChI is InChI=1S/C34H39N7O3/c1-43-26-14-15-31(44-2)30(21-26)38-34(42)37-25-12-10-23(11-13-25)29-20-24-22-36-33(39-32(24)28-9-4-3-8-27(28)29)41(35)19-7-18-40-16-5-6-17-40/h3-4,8-15,21-22,29H,5-7,16-20,35H2,1-2H3,(H2,37,38,42). The predicted octanol–water partition coefficient (Wildman–Crippen LogP) is 5.66. The van der Waals surface area contributed by atoms with Gasteiger partial charge in [0.1, 0.15) is 11.5 Å². The molecule has 6 rings (SSSR count). The fraction of sp³-hybridized carbons (Fsp3) is 0.324. The zero-order valence-corrected chi connectivity index (χ0v) is 25.3. The topological polar surface area (TPSA) is 118 Å². The first-order valence-corrected chi connectivity index (χ1v) is 15.1. The third-order valence-corrected chi connectivity index (χ3v) is 8.42. The molecule has 10 heteroatoms. The second kappa shape index (κ2) is 13.3. The minimum Gasteiger partial charge on any atom is -0.497 e. The second-order valence-corrected chi connectivity index (χ2v) is 11.3. The van der Waals surface area contributed by atoms with Crippen molar-refractivity contribution in [2.75, 3.05) is 56.0 Å². The summed E-state index contributed by atoms with van der Waals surface area (Å²) in [6, 6.07) is 21.2. The first-order chi connectivity index (χ1) is 21.5. The Morgan fingerprint density at radius 3 is 2.59 bits per heavy atom. The summed E-state index contributed by atoms with van der Waals surface area (Å²) >= 11 is 0. The van der Waals surface area contributed by atoms with Crippen LogP contribution in [0.2, 0.25) is 0 Å². The fourth-order valence-electron chi connectivity index (χ4n) is 6.13. The van der Waals surface area contributed by atoms with E-state index in [1.54, 1.807) is 37.4 Å². The third kappa shape index (κ3) is 6.46. The van der Waals surface area contributed by atoms with Gasteiger partial charge in [-0.05, 0) is 86.3 Å². The van der Waals surface area contributed by atoms with Crippen LogP contribution in [0.4, 0.5) is 22.1 Å². The van der Waals surface area contributed by atoms with Crippen LogP contribution in [0.15, 0.2) is 72.9 Å². The number of rotatable bonds is 10. The molecule has 1 fully saturated rings. The summed E-state index contributed by atoms with van der Waals surface area (Å²) in [5, 5.41) is 7.42. The number of anilines is 3. The van der Waals surface area contributed by atoms with E-state index in [0.717, 1.165) is 41.8 Å². The highest BCUT2D eigenvalue weighted by Crippen LogP contribution is 2.42. The zero-order chi connectivity index (χ0) is 30.5. The van der Waals surface area contributed by atoms with Crippen LogP contribution in [-0.4, -0.2) is 61.3 Å². The SMILES string of the molecule is COc1ccc(OC)c(NC(=O)Nc2ccc(C3Cc4cnc(N(N)CCCN5CCCC5)nc4-c4ccccc43)cc2)c1. The Kier molecular flexibility index (Phi) is 8.90. The van der Waals surface area contributed by atoms with E-state index in [2.05, 4.69) is 50.8 Å². The number of ether oxygens (including phenoxy) is 2. The van der Waals surface area contributed by atoms with Gasteiger partial charge < -0.3 is 25.0 Å². The number of nitrogens with zero attached hydrogens (tertiary/aromatic N) is 4. The predicted molar refractivity (Wildman–Crippen MR) is 173 cm³/mol. The van der Waals surface area contributed by atoms with Crippen molar-refractivity contribution in [2.24, 2.45) is 5.84 Å². The first-order valence-electron chi connectivity index (χ1n) is 15.1. The average Bonchev–Trinajstić information content (AvgIpc) is 3.58. The van der Waals surface area contributed by atoms with Crippen molar-refractivity contribution in [1.82, 2.24) is 14.9 Å². The molecule has 0 spiro atoms. The molecule has 2 amide bonds. The summed E-state index contributed by atoms with van der Waals surface area (Å²) in [5.41, 5.74) is 6.70. The van der Waals surface area contributed by atoms with Gasteiger partial charge in [0, 0.05) is 36.0 Å². The van der Waals surface area contributed by atoms with Crippen LogP contribution < -0.4 is 31.0 Å². The number of hydrazine groups is 1. The smallest absolute Gasteiger partial charge is 0.323 e. The molecule has 4 N–H and O–H groups in total. The molecule has 2 heterocycles. The van der Waals surface area contributed by atoms with E-state index in [0.29, 0.717) is 35.4 Å². The van der Waals surface area contributed by atoms with Crippen LogP contribution >= 0.6 is 0 Å². The molecule has 1 aromatic heterocycles. The van der Waals surface area contributed by atoms with Gasteiger partial charge in [-0.2, -0.15) is 0 Å². The van der Waals surface area contributed by atoms with Crippen LogP contribution in [-0.2, 0) is 6.42 Å². The quantitative estimate of drug-likeness (QED) is 0.159. The van der Waals surface area contributed by atoms with Crippen molar-refractivity contribution in [1.29, 1.82) is 0 Å². The highest BCUT2D eigenvalue weighted by atomic mass is 16.5. The maximum Gasteiger partial charge on any atom is 0.323 e.